The lowest BCUT2D eigenvalue weighted by molar-refractivity contribution is -0.142. The highest BCUT2D eigenvalue weighted by atomic mass is 16.4. The van der Waals surface area contributed by atoms with Crippen molar-refractivity contribution in [1.29, 1.82) is 0 Å². The van der Waals surface area contributed by atoms with Crippen LogP contribution in [0.1, 0.15) is 47.0 Å². The third-order valence-corrected chi connectivity index (χ3v) is 3.59. The Morgan fingerprint density at radius 1 is 1.33 bits per heavy atom. The van der Waals surface area contributed by atoms with Crippen LogP contribution >= 0.6 is 0 Å². The van der Waals surface area contributed by atoms with Crippen LogP contribution in [0.2, 0.25) is 0 Å². The molecule has 0 aromatic carbocycles. The topological polar surface area (TPSA) is 86.7 Å². The lowest BCUT2D eigenvalue weighted by Gasteiger charge is -2.36. The van der Waals surface area contributed by atoms with Gasteiger partial charge in [-0.15, -0.1) is 0 Å². The molecular weight excluding hydrogens is 272 g/mol. The number of rotatable bonds is 4. The van der Waals surface area contributed by atoms with Gasteiger partial charge >= 0.3 is 5.97 Å². The molecule has 0 radical (unpaired) electrons. The summed E-state index contributed by atoms with van der Waals surface area (Å²) in [5.74, 6) is -1.29. The first-order valence-electron chi connectivity index (χ1n) is 7.43. The highest BCUT2D eigenvalue weighted by Crippen LogP contribution is 2.23. The molecule has 21 heavy (non-hydrogen) atoms. The summed E-state index contributed by atoms with van der Waals surface area (Å²) in [4.78, 5) is 36.8. The first kappa shape index (κ1) is 17.5. The molecule has 1 heterocycles. The van der Waals surface area contributed by atoms with E-state index in [9.17, 15) is 14.4 Å². The molecule has 2 amide bonds. The maximum absolute atomic E-state index is 12.3. The van der Waals surface area contributed by atoms with Gasteiger partial charge in [0.2, 0.25) is 11.8 Å². The smallest absolute Gasteiger partial charge is 0.305 e. The number of nitrogens with zero attached hydrogens (tertiary/aromatic N) is 1. The summed E-state index contributed by atoms with van der Waals surface area (Å²) in [6.45, 7) is 8.38. The molecule has 1 rings (SSSR count). The fourth-order valence-corrected chi connectivity index (χ4v) is 2.52. The van der Waals surface area contributed by atoms with Crippen molar-refractivity contribution in [1.82, 2.24) is 10.2 Å². The third-order valence-electron chi connectivity index (χ3n) is 3.59. The van der Waals surface area contributed by atoms with E-state index in [0.29, 0.717) is 13.1 Å². The predicted molar refractivity (Wildman–Crippen MR) is 78.6 cm³/mol. The summed E-state index contributed by atoms with van der Waals surface area (Å²) in [6, 6.07) is -0.399. The summed E-state index contributed by atoms with van der Waals surface area (Å²) in [5, 5.41) is 11.4. The Balaban J connectivity index is 2.58. The number of carbonyl (C=O) groups is 3. The number of nitrogens with one attached hydrogen (secondary N) is 1. The Kier molecular flexibility index (Phi) is 5.75. The van der Waals surface area contributed by atoms with Crippen molar-refractivity contribution in [2.75, 3.05) is 13.1 Å². The minimum Gasteiger partial charge on any atom is -0.481 e. The number of carboxylic acids is 1. The minimum absolute atomic E-state index is 0.0542. The first-order valence-corrected chi connectivity index (χ1v) is 7.43. The largest absolute Gasteiger partial charge is 0.481 e. The first-order chi connectivity index (χ1) is 9.61. The van der Waals surface area contributed by atoms with E-state index in [0.717, 1.165) is 12.8 Å². The molecular formula is C15H26N2O4. The van der Waals surface area contributed by atoms with Crippen molar-refractivity contribution in [3.8, 4) is 0 Å². The van der Waals surface area contributed by atoms with Gasteiger partial charge in [-0.05, 0) is 19.8 Å². The van der Waals surface area contributed by atoms with Gasteiger partial charge in [0.1, 0.15) is 0 Å². The molecule has 0 aromatic heterocycles. The second-order valence-corrected chi connectivity index (χ2v) is 6.85. The molecule has 0 aromatic rings. The highest BCUT2D eigenvalue weighted by molar-refractivity contribution is 5.84. The van der Waals surface area contributed by atoms with E-state index in [2.05, 4.69) is 5.32 Å². The van der Waals surface area contributed by atoms with E-state index >= 15 is 0 Å². The van der Waals surface area contributed by atoms with Gasteiger partial charge in [0.25, 0.3) is 0 Å². The van der Waals surface area contributed by atoms with Crippen LogP contribution in [0.25, 0.3) is 0 Å². The van der Waals surface area contributed by atoms with E-state index in [-0.39, 0.29) is 24.2 Å². The molecule has 0 aliphatic carbocycles. The predicted octanol–water partition coefficient (Wildman–Crippen LogP) is 1.25. The van der Waals surface area contributed by atoms with E-state index in [1.54, 1.807) is 11.8 Å². The van der Waals surface area contributed by atoms with Crippen LogP contribution < -0.4 is 5.32 Å². The van der Waals surface area contributed by atoms with Crippen molar-refractivity contribution < 1.29 is 19.5 Å². The SMILES string of the molecule is CC(CC(=O)O)NC(=O)C1CCCN(C(=O)C(C)(C)C)C1. The fourth-order valence-electron chi connectivity index (χ4n) is 2.52. The van der Waals surface area contributed by atoms with Gasteiger partial charge in [0, 0.05) is 24.5 Å². The van der Waals surface area contributed by atoms with E-state index in [1.807, 2.05) is 20.8 Å². The molecule has 0 spiro atoms. The van der Waals surface area contributed by atoms with Crippen molar-refractivity contribution in [3.63, 3.8) is 0 Å². The van der Waals surface area contributed by atoms with Crippen LogP contribution in [0.15, 0.2) is 0 Å². The number of carbonyl (C=O) groups excluding carboxylic acids is 2. The minimum atomic E-state index is -0.934. The molecule has 1 aliphatic rings. The molecule has 1 saturated heterocycles. The number of amides is 2. The summed E-state index contributed by atoms with van der Waals surface area (Å²) >= 11 is 0. The van der Waals surface area contributed by atoms with Crippen LogP contribution in [0.5, 0.6) is 0 Å². The molecule has 1 fully saturated rings. The Labute approximate surface area is 125 Å². The van der Waals surface area contributed by atoms with E-state index in [4.69, 9.17) is 5.11 Å². The summed E-state index contributed by atoms with van der Waals surface area (Å²) < 4.78 is 0. The van der Waals surface area contributed by atoms with Gasteiger partial charge in [0.15, 0.2) is 0 Å². The number of hydrogen-bond donors (Lipinski definition) is 2. The van der Waals surface area contributed by atoms with Crippen LogP contribution in [0.4, 0.5) is 0 Å². The van der Waals surface area contributed by atoms with E-state index < -0.39 is 17.4 Å². The molecule has 2 atom stereocenters. The molecule has 0 saturated carbocycles. The second kappa shape index (κ2) is 6.91. The number of aliphatic carboxylic acids is 1. The molecule has 2 N–H and O–H groups in total. The van der Waals surface area contributed by atoms with Crippen LogP contribution in [0.3, 0.4) is 0 Å². The van der Waals surface area contributed by atoms with Gasteiger partial charge in [-0.1, -0.05) is 20.8 Å². The lowest BCUT2D eigenvalue weighted by Crippen LogP contribution is -2.49. The average Bonchev–Trinajstić information content (AvgIpc) is 2.35. The number of likely N-dealkylation sites (tertiary alicyclic amines) is 1. The zero-order chi connectivity index (χ0) is 16.2. The average molecular weight is 298 g/mol. The van der Waals surface area contributed by atoms with Gasteiger partial charge < -0.3 is 15.3 Å². The van der Waals surface area contributed by atoms with Crippen LogP contribution in [-0.2, 0) is 14.4 Å². The van der Waals surface area contributed by atoms with Crippen LogP contribution in [0, 0.1) is 11.3 Å². The molecule has 2 unspecified atom stereocenters. The summed E-state index contributed by atoms with van der Waals surface area (Å²) in [7, 11) is 0. The second-order valence-electron chi connectivity index (χ2n) is 6.85. The van der Waals surface area contributed by atoms with Gasteiger partial charge in [-0.25, -0.2) is 0 Å². The maximum Gasteiger partial charge on any atom is 0.305 e. The monoisotopic (exact) mass is 298 g/mol. The summed E-state index contributed by atoms with van der Waals surface area (Å²) in [6.07, 6.45) is 1.44. The zero-order valence-corrected chi connectivity index (χ0v) is 13.3. The van der Waals surface area contributed by atoms with Crippen molar-refractivity contribution in [2.24, 2.45) is 11.3 Å². The van der Waals surface area contributed by atoms with Crippen molar-refractivity contribution in [2.45, 2.75) is 53.0 Å². The number of carboxylic acid groups (broad SMARTS) is 1. The van der Waals surface area contributed by atoms with Gasteiger partial charge in [-0.3, -0.25) is 14.4 Å². The number of hydrogen-bond acceptors (Lipinski definition) is 3. The molecule has 120 valence electrons. The van der Waals surface area contributed by atoms with Gasteiger partial charge in [-0.2, -0.15) is 0 Å². The molecule has 1 aliphatic heterocycles. The summed E-state index contributed by atoms with van der Waals surface area (Å²) in [5.41, 5.74) is -0.449. The Bertz CT molecular complexity index is 414. The quantitative estimate of drug-likeness (QED) is 0.818. The van der Waals surface area contributed by atoms with Crippen molar-refractivity contribution in [3.05, 3.63) is 0 Å². The molecule has 6 heteroatoms. The number of piperidine rings is 1. The molecule has 0 bridgehead atoms. The van der Waals surface area contributed by atoms with Crippen LogP contribution in [-0.4, -0.2) is 46.9 Å². The highest BCUT2D eigenvalue weighted by Gasteiger charge is 2.33. The van der Waals surface area contributed by atoms with Gasteiger partial charge in [0.05, 0.1) is 12.3 Å². The lowest BCUT2D eigenvalue weighted by atomic mass is 9.91. The Morgan fingerprint density at radius 2 is 1.95 bits per heavy atom. The standard InChI is InChI=1S/C15H26N2O4/c1-10(8-12(18)19)16-13(20)11-6-5-7-17(9-11)14(21)15(2,3)4/h10-11H,5-9H2,1-4H3,(H,16,20)(H,18,19). The molecule has 6 nitrogen and oxygen atoms in total. The fraction of sp³-hybridized carbons (Fsp3) is 0.800. The zero-order valence-electron chi connectivity index (χ0n) is 13.3. The Hall–Kier alpha value is -1.59. The maximum atomic E-state index is 12.3. The normalized spacial score (nSPS) is 20.8. The van der Waals surface area contributed by atoms with E-state index in [1.165, 1.54) is 0 Å². The Morgan fingerprint density at radius 3 is 2.48 bits per heavy atom. The van der Waals surface area contributed by atoms with Crippen molar-refractivity contribution >= 4 is 17.8 Å². The third kappa shape index (κ3) is 5.36.